The van der Waals surface area contributed by atoms with Crippen LogP contribution in [0.4, 0.5) is 0 Å². The van der Waals surface area contributed by atoms with Crippen LogP contribution < -0.4 is 0 Å². The van der Waals surface area contributed by atoms with Gasteiger partial charge in [-0.25, -0.2) is 0 Å². The Morgan fingerprint density at radius 3 is 2.86 bits per heavy atom. The van der Waals surface area contributed by atoms with Crippen molar-refractivity contribution in [2.75, 3.05) is 26.2 Å². The maximum atomic E-state index is 10.1. The van der Waals surface area contributed by atoms with E-state index >= 15 is 0 Å². The molecule has 3 aliphatic rings. The Morgan fingerprint density at radius 2 is 2.07 bits per heavy atom. The molecule has 0 saturated carbocycles. The minimum absolute atomic E-state index is 0.0825. The molecule has 0 aromatic carbocycles. The molecule has 1 aromatic rings. The summed E-state index contributed by atoms with van der Waals surface area (Å²) < 4.78 is 0. The number of fused-ring (bicyclic) bond motifs is 1. The van der Waals surface area contributed by atoms with E-state index in [2.05, 4.69) is 59.8 Å². The molecule has 150 valence electrons. The Labute approximate surface area is 169 Å². The summed E-state index contributed by atoms with van der Waals surface area (Å²) in [5.74, 6) is 1.13. The van der Waals surface area contributed by atoms with Gasteiger partial charge in [-0.05, 0) is 41.5 Å². The van der Waals surface area contributed by atoms with Crippen molar-refractivity contribution in [3.63, 3.8) is 0 Å². The van der Waals surface area contributed by atoms with E-state index in [0.717, 1.165) is 44.8 Å². The molecule has 1 aliphatic carbocycles. The fourth-order valence-corrected chi connectivity index (χ4v) is 5.10. The van der Waals surface area contributed by atoms with Crippen LogP contribution >= 0.6 is 0 Å². The zero-order valence-electron chi connectivity index (χ0n) is 17.4. The quantitative estimate of drug-likeness (QED) is 0.855. The molecule has 28 heavy (non-hydrogen) atoms. The van der Waals surface area contributed by atoms with E-state index in [1.54, 1.807) is 0 Å². The fourth-order valence-electron chi connectivity index (χ4n) is 5.10. The van der Waals surface area contributed by atoms with Crippen molar-refractivity contribution >= 4 is 0 Å². The number of rotatable bonds is 3. The molecule has 4 heteroatoms. The van der Waals surface area contributed by atoms with Crippen LogP contribution in [-0.4, -0.2) is 52.1 Å². The highest BCUT2D eigenvalue weighted by molar-refractivity contribution is 5.35. The second-order valence-corrected chi connectivity index (χ2v) is 9.09. The van der Waals surface area contributed by atoms with E-state index in [1.165, 1.54) is 5.57 Å². The monoisotopic (exact) mass is 379 g/mol. The van der Waals surface area contributed by atoms with Crippen LogP contribution in [0.2, 0.25) is 0 Å². The molecule has 0 amide bonds. The molecule has 3 heterocycles. The molecule has 3 unspecified atom stereocenters. The molecule has 2 saturated heterocycles. The Hall–Kier alpha value is -1.91. The normalized spacial score (nSPS) is 34.3. The van der Waals surface area contributed by atoms with Gasteiger partial charge in [0.15, 0.2) is 0 Å². The standard InChI is InChI=1S/C24H33N3O/c1-18-13-20(7-6-9-23(18)28)24(3)14-22-17-26(11-12-27(22)15-19(24)2)16-21-8-4-5-10-25-21/h4-10,13,18-19,22,28H,11-12,14-17H2,1-3H3/t18?,19?,22?,24-/m1/s1. The third-order valence-electron chi connectivity index (χ3n) is 7.15. The predicted octanol–water partition coefficient (Wildman–Crippen LogP) is 4.19. The predicted molar refractivity (Wildman–Crippen MR) is 114 cm³/mol. The number of piperazine rings is 1. The van der Waals surface area contributed by atoms with Crippen LogP contribution in [0.25, 0.3) is 0 Å². The van der Waals surface area contributed by atoms with Gasteiger partial charge in [0.2, 0.25) is 0 Å². The van der Waals surface area contributed by atoms with Crippen LogP contribution in [0.1, 0.15) is 32.9 Å². The Bertz CT molecular complexity index is 784. The summed E-state index contributed by atoms with van der Waals surface area (Å²) in [7, 11) is 0. The second-order valence-electron chi connectivity index (χ2n) is 9.09. The van der Waals surface area contributed by atoms with Gasteiger partial charge in [-0.15, -0.1) is 0 Å². The van der Waals surface area contributed by atoms with Crippen molar-refractivity contribution in [2.24, 2.45) is 17.3 Å². The average molecular weight is 380 g/mol. The van der Waals surface area contributed by atoms with E-state index < -0.39 is 0 Å². The van der Waals surface area contributed by atoms with Crippen LogP contribution in [-0.2, 0) is 6.54 Å². The van der Waals surface area contributed by atoms with Crippen molar-refractivity contribution in [3.8, 4) is 0 Å². The summed E-state index contributed by atoms with van der Waals surface area (Å²) in [4.78, 5) is 9.77. The first-order valence-electron chi connectivity index (χ1n) is 10.6. The summed E-state index contributed by atoms with van der Waals surface area (Å²) in [6.07, 6.45) is 11.4. The van der Waals surface area contributed by atoms with Crippen molar-refractivity contribution < 1.29 is 5.11 Å². The molecule has 4 rings (SSSR count). The Kier molecular flexibility index (Phi) is 5.44. The molecule has 4 atom stereocenters. The van der Waals surface area contributed by atoms with Gasteiger partial charge in [-0.1, -0.05) is 45.1 Å². The number of nitrogens with zero attached hydrogens (tertiary/aromatic N) is 3. The summed E-state index contributed by atoms with van der Waals surface area (Å²) >= 11 is 0. The summed E-state index contributed by atoms with van der Waals surface area (Å²) in [5.41, 5.74) is 2.68. The van der Waals surface area contributed by atoms with Gasteiger partial charge in [0.25, 0.3) is 0 Å². The third-order valence-corrected chi connectivity index (χ3v) is 7.15. The van der Waals surface area contributed by atoms with Crippen molar-refractivity contribution in [1.82, 2.24) is 14.8 Å². The highest BCUT2D eigenvalue weighted by atomic mass is 16.3. The lowest BCUT2D eigenvalue weighted by molar-refractivity contribution is -0.0193. The number of hydrogen-bond donors (Lipinski definition) is 1. The first-order valence-corrected chi connectivity index (χ1v) is 10.6. The number of aromatic nitrogens is 1. The van der Waals surface area contributed by atoms with Gasteiger partial charge >= 0.3 is 0 Å². The fraction of sp³-hybridized carbons (Fsp3) is 0.542. The van der Waals surface area contributed by atoms with Crippen LogP contribution in [0, 0.1) is 17.3 Å². The van der Waals surface area contributed by atoms with Gasteiger partial charge in [0.1, 0.15) is 0 Å². The van der Waals surface area contributed by atoms with E-state index in [4.69, 9.17) is 0 Å². The molecule has 0 bridgehead atoms. The molecule has 0 radical (unpaired) electrons. The minimum Gasteiger partial charge on any atom is -0.512 e. The lowest BCUT2D eigenvalue weighted by atomic mass is 9.64. The summed E-state index contributed by atoms with van der Waals surface area (Å²) in [6.45, 7) is 12.4. The SMILES string of the molecule is CC1C=C([C@]2(C)CC3CN(Cc4ccccn4)CCN3CC2C)C=CC=C1O. The molecule has 0 spiro atoms. The largest absolute Gasteiger partial charge is 0.512 e. The number of allylic oxidation sites excluding steroid dienone is 5. The van der Waals surface area contributed by atoms with Crippen LogP contribution in [0.15, 0.2) is 60.0 Å². The highest BCUT2D eigenvalue weighted by Gasteiger charge is 2.45. The molecule has 2 fully saturated rings. The number of aliphatic hydroxyl groups is 1. The number of pyridine rings is 1. The molecule has 2 aliphatic heterocycles. The third kappa shape index (κ3) is 3.81. The molecular weight excluding hydrogens is 346 g/mol. The second kappa shape index (κ2) is 7.84. The van der Waals surface area contributed by atoms with E-state index in [9.17, 15) is 5.11 Å². The number of hydrogen-bond acceptors (Lipinski definition) is 4. The lowest BCUT2D eigenvalue weighted by Gasteiger charge is -2.53. The van der Waals surface area contributed by atoms with Gasteiger partial charge in [-0.2, -0.15) is 0 Å². The summed E-state index contributed by atoms with van der Waals surface area (Å²) in [6, 6.07) is 6.76. The maximum Gasteiger partial charge on any atom is 0.0988 e. The van der Waals surface area contributed by atoms with E-state index in [1.807, 2.05) is 24.4 Å². The highest BCUT2D eigenvalue weighted by Crippen LogP contribution is 2.47. The zero-order chi connectivity index (χ0) is 19.7. The molecule has 4 nitrogen and oxygen atoms in total. The van der Waals surface area contributed by atoms with Crippen LogP contribution in [0.3, 0.4) is 0 Å². The van der Waals surface area contributed by atoms with Gasteiger partial charge in [-0.3, -0.25) is 14.8 Å². The minimum atomic E-state index is 0.0825. The molecule has 1 N–H and O–H groups in total. The zero-order valence-corrected chi connectivity index (χ0v) is 17.4. The Morgan fingerprint density at radius 1 is 1.21 bits per heavy atom. The van der Waals surface area contributed by atoms with Crippen molar-refractivity contribution in [2.45, 2.75) is 39.8 Å². The van der Waals surface area contributed by atoms with Crippen molar-refractivity contribution in [1.29, 1.82) is 0 Å². The lowest BCUT2D eigenvalue weighted by Crippen LogP contribution is -2.60. The van der Waals surface area contributed by atoms with Gasteiger partial charge < -0.3 is 5.11 Å². The van der Waals surface area contributed by atoms with Crippen LogP contribution in [0.5, 0.6) is 0 Å². The maximum absolute atomic E-state index is 10.1. The average Bonchev–Trinajstić information content (AvgIpc) is 2.85. The topological polar surface area (TPSA) is 39.6 Å². The Balaban J connectivity index is 1.50. The molecular formula is C24H33N3O. The number of aliphatic hydroxyl groups excluding tert-OH is 1. The van der Waals surface area contributed by atoms with Gasteiger partial charge in [0.05, 0.1) is 11.5 Å². The summed E-state index contributed by atoms with van der Waals surface area (Å²) in [5, 5.41) is 10.1. The van der Waals surface area contributed by atoms with Gasteiger partial charge in [0, 0.05) is 50.9 Å². The van der Waals surface area contributed by atoms with E-state index in [0.29, 0.717) is 17.7 Å². The van der Waals surface area contributed by atoms with Crippen molar-refractivity contribution in [3.05, 3.63) is 65.7 Å². The van der Waals surface area contributed by atoms with E-state index in [-0.39, 0.29) is 11.3 Å². The smallest absolute Gasteiger partial charge is 0.0988 e. The first-order chi connectivity index (χ1) is 13.5. The number of piperidine rings is 1. The first kappa shape index (κ1) is 19.4. The molecule has 1 aromatic heterocycles.